The molecule has 10 heteroatoms. The number of likely N-dealkylation sites (tertiary alicyclic amines) is 1. The molecule has 3 aromatic heterocycles. The normalized spacial score (nSPS) is 16.7. The number of alkyl halides is 2. The Morgan fingerprint density at radius 3 is 2.70 bits per heavy atom. The number of carbonyl (C=O) groups is 1. The van der Waals surface area contributed by atoms with Crippen LogP contribution in [-0.2, 0) is 5.54 Å². The minimum atomic E-state index is -2.75. The zero-order valence-corrected chi connectivity index (χ0v) is 17.9. The summed E-state index contributed by atoms with van der Waals surface area (Å²) in [6, 6.07) is 13.6. The largest absolute Gasteiger partial charge is 0.372 e. The monoisotopic (exact) mass is 449 g/mol. The summed E-state index contributed by atoms with van der Waals surface area (Å²) in [6.07, 6.45) is 0.712. The van der Waals surface area contributed by atoms with Gasteiger partial charge in [-0.15, -0.1) is 5.10 Å². The molecular formula is C23H21F2N7O. The van der Waals surface area contributed by atoms with Crippen molar-refractivity contribution in [2.75, 3.05) is 18.4 Å². The average molecular weight is 449 g/mol. The maximum Gasteiger partial charge on any atom is 0.293 e. The van der Waals surface area contributed by atoms with Gasteiger partial charge in [0.25, 0.3) is 18.1 Å². The van der Waals surface area contributed by atoms with Crippen molar-refractivity contribution in [2.45, 2.75) is 31.7 Å². The summed E-state index contributed by atoms with van der Waals surface area (Å²) in [5, 5.41) is 7.78. The lowest BCUT2D eigenvalue weighted by atomic mass is 9.82. The van der Waals surface area contributed by atoms with E-state index in [4.69, 9.17) is 0 Å². The predicted molar refractivity (Wildman–Crippen MR) is 117 cm³/mol. The Morgan fingerprint density at radius 1 is 1.12 bits per heavy atom. The van der Waals surface area contributed by atoms with Crippen LogP contribution in [0.25, 0.3) is 11.5 Å². The van der Waals surface area contributed by atoms with Gasteiger partial charge in [0.1, 0.15) is 5.69 Å². The second-order valence-electron chi connectivity index (χ2n) is 8.55. The van der Waals surface area contributed by atoms with Crippen LogP contribution in [0.5, 0.6) is 0 Å². The summed E-state index contributed by atoms with van der Waals surface area (Å²) < 4.78 is 30.0. The lowest BCUT2D eigenvalue weighted by molar-refractivity contribution is 0.0663. The quantitative estimate of drug-likeness (QED) is 0.505. The smallest absolute Gasteiger partial charge is 0.293 e. The first kappa shape index (κ1) is 19.8. The van der Waals surface area contributed by atoms with E-state index in [0.717, 1.165) is 15.9 Å². The van der Waals surface area contributed by atoms with Crippen molar-refractivity contribution in [1.29, 1.82) is 0 Å². The minimum Gasteiger partial charge on any atom is -0.372 e. The van der Waals surface area contributed by atoms with Gasteiger partial charge in [0.2, 0.25) is 5.82 Å². The van der Waals surface area contributed by atoms with Crippen LogP contribution in [0.1, 0.15) is 47.0 Å². The molecule has 0 atom stereocenters. The number of rotatable bonds is 2. The molecule has 2 aliphatic rings. The number of nitrogens with zero attached hydrogens (tertiary/aromatic N) is 6. The number of nitrogens with one attached hydrogen (secondary N) is 1. The number of fused-ring (bicyclic) bond motifs is 5. The summed E-state index contributed by atoms with van der Waals surface area (Å²) in [7, 11) is 0. The van der Waals surface area contributed by atoms with Crippen molar-refractivity contribution in [1.82, 2.24) is 29.0 Å². The predicted octanol–water partition coefficient (Wildman–Crippen LogP) is 3.72. The molecule has 33 heavy (non-hydrogen) atoms. The molecule has 1 fully saturated rings. The number of hydrogen-bond acceptors (Lipinski definition) is 5. The third kappa shape index (κ3) is 3.00. The highest BCUT2D eigenvalue weighted by Gasteiger charge is 2.42. The van der Waals surface area contributed by atoms with Gasteiger partial charge >= 0.3 is 0 Å². The van der Waals surface area contributed by atoms with Crippen LogP contribution in [0, 0.1) is 6.92 Å². The molecule has 6 rings (SSSR count). The van der Waals surface area contributed by atoms with Gasteiger partial charge in [-0.1, -0.05) is 12.1 Å². The van der Waals surface area contributed by atoms with Gasteiger partial charge < -0.3 is 14.8 Å². The summed E-state index contributed by atoms with van der Waals surface area (Å²) in [4.78, 5) is 23.1. The number of hydrogen-bond donors (Lipinski definition) is 1. The van der Waals surface area contributed by atoms with Gasteiger partial charge in [0.05, 0.1) is 16.9 Å². The molecule has 5 heterocycles. The van der Waals surface area contributed by atoms with Crippen molar-refractivity contribution < 1.29 is 13.6 Å². The van der Waals surface area contributed by atoms with Crippen molar-refractivity contribution >= 4 is 17.4 Å². The molecule has 8 nitrogen and oxygen atoms in total. The van der Waals surface area contributed by atoms with Crippen LogP contribution in [-0.4, -0.2) is 48.0 Å². The van der Waals surface area contributed by atoms with Crippen LogP contribution in [0.3, 0.4) is 0 Å². The maximum absolute atomic E-state index is 13.4. The van der Waals surface area contributed by atoms with Gasteiger partial charge in [0, 0.05) is 30.7 Å². The van der Waals surface area contributed by atoms with Crippen LogP contribution in [0.2, 0.25) is 0 Å². The van der Waals surface area contributed by atoms with Gasteiger partial charge in [-0.25, -0.2) is 13.8 Å². The molecule has 0 saturated carbocycles. The molecule has 1 spiro atoms. The fourth-order valence-electron chi connectivity index (χ4n) is 4.97. The minimum absolute atomic E-state index is 0.00510. The van der Waals surface area contributed by atoms with Crippen molar-refractivity contribution in [3.05, 3.63) is 71.6 Å². The van der Waals surface area contributed by atoms with Gasteiger partial charge in [-0.05, 0) is 50.1 Å². The van der Waals surface area contributed by atoms with Crippen molar-refractivity contribution in [3.63, 3.8) is 0 Å². The van der Waals surface area contributed by atoms with E-state index >= 15 is 0 Å². The molecule has 0 unspecified atom stereocenters. The average Bonchev–Trinajstić information content (AvgIpc) is 3.47. The molecule has 1 saturated heterocycles. The van der Waals surface area contributed by atoms with Gasteiger partial charge in [-0.2, -0.15) is 9.50 Å². The van der Waals surface area contributed by atoms with Crippen LogP contribution >= 0.6 is 0 Å². The number of amides is 1. The number of para-hydroxylation sites is 2. The van der Waals surface area contributed by atoms with E-state index in [1.165, 1.54) is 11.8 Å². The highest BCUT2D eigenvalue weighted by molar-refractivity contribution is 5.91. The molecule has 1 aromatic carbocycles. The Labute approximate surface area is 187 Å². The molecule has 0 radical (unpaired) electrons. The number of benzene rings is 1. The number of aromatic nitrogens is 5. The van der Waals surface area contributed by atoms with Crippen molar-refractivity contribution in [3.8, 4) is 5.69 Å². The van der Waals surface area contributed by atoms with E-state index in [2.05, 4.69) is 49.3 Å². The molecule has 1 amide bonds. The highest BCUT2D eigenvalue weighted by Crippen LogP contribution is 2.43. The summed E-state index contributed by atoms with van der Waals surface area (Å²) >= 11 is 0. The van der Waals surface area contributed by atoms with E-state index in [0.29, 0.717) is 31.6 Å². The van der Waals surface area contributed by atoms with Crippen LogP contribution in [0.15, 0.2) is 48.7 Å². The first-order valence-corrected chi connectivity index (χ1v) is 10.8. The third-order valence-electron chi connectivity index (χ3n) is 6.56. The number of carbonyl (C=O) groups excluding carboxylic acids is 1. The molecule has 0 bridgehead atoms. The third-order valence-corrected chi connectivity index (χ3v) is 6.56. The summed E-state index contributed by atoms with van der Waals surface area (Å²) in [5.41, 5.74) is 3.11. The summed E-state index contributed by atoms with van der Waals surface area (Å²) in [5.74, 6) is -0.485. The lowest BCUT2D eigenvalue weighted by Crippen LogP contribution is -2.51. The number of aryl methyl sites for hydroxylation is 1. The lowest BCUT2D eigenvalue weighted by Gasteiger charge is -2.46. The fourth-order valence-corrected chi connectivity index (χ4v) is 4.97. The summed E-state index contributed by atoms with van der Waals surface area (Å²) in [6.45, 7) is 2.59. The first-order valence-electron chi connectivity index (χ1n) is 10.8. The van der Waals surface area contributed by atoms with E-state index in [1.807, 2.05) is 18.2 Å². The molecule has 0 aliphatic carbocycles. The Hall–Kier alpha value is -3.82. The second kappa shape index (κ2) is 7.09. The zero-order chi connectivity index (χ0) is 22.7. The van der Waals surface area contributed by atoms with Gasteiger partial charge in [0.15, 0.2) is 0 Å². The SMILES string of the molecule is Cc1cc(C(F)F)n2nc(C(=O)N3CCC4(CC3)Nc3ccccc3-n3cccc34)nc2n1. The molecule has 2 aliphatic heterocycles. The molecular weight excluding hydrogens is 428 g/mol. The Morgan fingerprint density at radius 2 is 1.91 bits per heavy atom. The molecule has 4 aromatic rings. The molecule has 1 N–H and O–H groups in total. The number of halogens is 2. The second-order valence-corrected chi connectivity index (χ2v) is 8.55. The zero-order valence-electron chi connectivity index (χ0n) is 17.9. The standard InChI is InChI=1S/C23H21F2N7O/c1-14-13-17(19(24)25)32-22(26-14)27-20(29-32)21(33)30-11-8-23(9-12-30)18-7-4-10-31(18)16-6-3-2-5-15(16)28-23/h2-7,10,13,19,28H,8-9,11-12H2,1H3. The van der Waals surface area contributed by atoms with Crippen molar-refractivity contribution in [2.24, 2.45) is 0 Å². The molecule has 168 valence electrons. The van der Waals surface area contributed by atoms with Crippen LogP contribution < -0.4 is 5.32 Å². The fraction of sp³-hybridized carbons (Fsp3) is 0.304. The van der Waals surface area contributed by atoms with E-state index in [-0.39, 0.29) is 28.7 Å². The van der Waals surface area contributed by atoms with E-state index in [1.54, 1.807) is 11.8 Å². The highest BCUT2D eigenvalue weighted by atomic mass is 19.3. The Balaban J connectivity index is 1.27. The number of anilines is 1. The number of piperidine rings is 1. The van der Waals surface area contributed by atoms with E-state index in [9.17, 15) is 13.6 Å². The van der Waals surface area contributed by atoms with Gasteiger partial charge in [-0.3, -0.25) is 4.79 Å². The van der Waals surface area contributed by atoms with E-state index < -0.39 is 6.43 Å². The Bertz CT molecular complexity index is 1380. The topological polar surface area (TPSA) is 80.4 Å². The Kier molecular flexibility index (Phi) is 4.26. The van der Waals surface area contributed by atoms with Crippen LogP contribution in [0.4, 0.5) is 14.5 Å². The maximum atomic E-state index is 13.4. The first-order chi connectivity index (χ1) is 15.9.